The van der Waals surface area contributed by atoms with Crippen molar-refractivity contribution in [3.8, 4) is 0 Å². The molecule has 1 aliphatic carbocycles. The molecule has 0 aromatic carbocycles. The summed E-state index contributed by atoms with van der Waals surface area (Å²) in [6.45, 7) is 0. The minimum atomic E-state index is -0.936. The van der Waals surface area contributed by atoms with Gasteiger partial charge in [-0.25, -0.2) is 4.79 Å². The van der Waals surface area contributed by atoms with E-state index in [1.54, 1.807) is 7.05 Å². The fourth-order valence-corrected chi connectivity index (χ4v) is 2.20. The Labute approximate surface area is 83.7 Å². The number of halogens is 1. The molecule has 1 heterocycles. The van der Waals surface area contributed by atoms with Crippen LogP contribution in [0.25, 0.3) is 0 Å². The summed E-state index contributed by atoms with van der Waals surface area (Å²) in [7, 11) is 1.65. The molecular weight excluding hydrogens is 236 g/mol. The first-order chi connectivity index (χ1) is 6.11. The Morgan fingerprint density at radius 2 is 2.31 bits per heavy atom. The van der Waals surface area contributed by atoms with Crippen LogP contribution >= 0.6 is 15.9 Å². The first-order valence-corrected chi connectivity index (χ1v) is 4.86. The van der Waals surface area contributed by atoms with Crippen molar-refractivity contribution in [1.29, 1.82) is 0 Å². The first kappa shape index (κ1) is 8.74. The van der Waals surface area contributed by atoms with Crippen LogP contribution in [0.5, 0.6) is 0 Å². The summed E-state index contributed by atoms with van der Waals surface area (Å²) in [5, 5.41) is 13.1. The van der Waals surface area contributed by atoms with Crippen molar-refractivity contribution in [3.05, 3.63) is 15.9 Å². The molecule has 2 rings (SSSR count). The van der Waals surface area contributed by atoms with Gasteiger partial charge in [0.15, 0.2) is 5.69 Å². The van der Waals surface area contributed by atoms with Crippen LogP contribution in [0.4, 0.5) is 0 Å². The smallest absolute Gasteiger partial charge is 0.355 e. The number of hydrogen-bond acceptors (Lipinski definition) is 2. The van der Waals surface area contributed by atoms with Gasteiger partial charge in [-0.1, -0.05) is 0 Å². The number of hydrogen-bond donors (Lipinski definition) is 1. The maximum Gasteiger partial charge on any atom is 0.355 e. The highest BCUT2D eigenvalue weighted by atomic mass is 79.9. The molecule has 5 heteroatoms. The number of carbonyl (C=O) groups is 1. The SMILES string of the molecule is Cn1nc(C2CC2)c(Br)c1C(=O)O. The lowest BCUT2D eigenvalue weighted by Gasteiger charge is -1.93. The van der Waals surface area contributed by atoms with Crippen LogP contribution in [-0.4, -0.2) is 20.9 Å². The summed E-state index contributed by atoms with van der Waals surface area (Å²) in [5.41, 5.74) is 1.13. The first-order valence-electron chi connectivity index (χ1n) is 4.07. The summed E-state index contributed by atoms with van der Waals surface area (Å²) < 4.78 is 2.06. The van der Waals surface area contributed by atoms with Gasteiger partial charge in [0.25, 0.3) is 0 Å². The molecule has 4 nitrogen and oxygen atoms in total. The van der Waals surface area contributed by atoms with Crippen LogP contribution in [-0.2, 0) is 7.05 Å². The predicted molar refractivity (Wildman–Crippen MR) is 49.8 cm³/mol. The van der Waals surface area contributed by atoms with Gasteiger partial charge in [-0.05, 0) is 28.8 Å². The van der Waals surface area contributed by atoms with Gasteiger partial charge in [-0.2, -0.15) is 5.10 Å². The molecule has 1 N–H and O–H groups in total. The lowest BCUT2D eigenvalue weighted by molar-refractivity contribution is 0.0684. The Morgan fingerprint density at radius 1 is 1.69 bits per heavy atom. The lowest BCUT2D eigenvalue weighted by Crippen LogP contribution is -2.05. The molecule has 70 valence electrons. The zero-order valence-corrected chi connectivity index (χ0v) is 8.71. The zero-order chi connectivity index (χ0) is 9.59. The molecule has 0 radical (unpaired) electrons. The average Bonchev–Trinajstić information content (AvgIpc) is 2.78. The summed E-state index contributed by atoms with van der Waals surface area (Å²) in [5.74, 6) is -0.470. The summed E-state index contributed by atoms with van der Waals surface area (Å²) in [6, 6.07) is 0. The van der Waals surface area contributed by atoms with Crippen molar-refractivity contribution < 1.29 is 9.90 Å². The molecule has 0 aliphatic heterocycles. The molecule has 0 atom stereocenters. The van der Waals surface area contributed by atoms with E-state index < -0.39 is 5.97 Å². The Hall–Kier alpha value is -0.840. The molecule has 1 saturated carbocycles. The van der Waals surface area contributed by atoms with Crippen LogP contribution < -0.4 is 0 Å². The van der Waals surface area contributed by atoms with Crippen molar-refractivity contribution in [2.45, 2.75) is 18.8 Å². The van der Waals surface area contributed by atoms with Crippen molar-refractivity contribution in [1.82, 2.24) is 9.78 Å². The van der Waals surface area contributed by atoms with E-state index in [2.05, 4.69) is 21.0 Å². The molecule has 1 aliphatic rings. The lowest BCUT2D eigenvalue weighted by atomic mass is 10.3. The van der Waals surface area contributed by atoms with Gasteiger partial charge < -0.3 is 5.11 Å². The number of aryl methyl sites for hydroxylation is 1. The van der Waals surface area contributed by atoms with E-state index in [9.17, 15) is 4.79 Å². The van der Waals surface area contributed by atoms with Gasteiger partial charge >= 0.3 is 5.97 Å². The average molecular weight is 245 g/mol. The van der Waals surface area contributed by atoms with E-state index in [1.807, 2.05) is 0 Å². The molecule has 0 amide bonds. The molecule has 0 bridgehead atoms. The fourth-order valence-electron chi connectivity index (χ4n) is 1.37. The minimum absolute atomic E-state index is 0.238. The van der Waals surface area contributed by atoms with Crippen molar-refractivity contribution in [2.24, 2.45) is 7.05 Å². The minimum Gasteiger partial charge on any atom is -0.476 e. The van der Waals surface area contributed by atoms with Crippen LogP contribution in [0.2, 0.25) is 0 Å². The maximum atomic E-state index is 10.8. The number of aromatic nitrogens is 2. The predicted octanol–water partition coefficient (Wildman–Crippen LogP) is 1.76. The van der Waals surface area contributed by atoms with E-state index in [1.165, 1.54) is 4.68 Å². The van der Waals surface area contributed by atoms with Crippen LogP contribution in [0.3, 0.4) is 0 Å². The Bertz CT molecular complexity index is 368. The maximum absolute atomic E-state index is 10.8. The van der Waals surface area contributed by atoms with E-state index >= 15 is 0 Å². The molecule has 1 fully saturated rings. The monoisotopic (exact) mass is 244 g/mol. The fraction of sp³-hybridized carbons (Fsp3) is 0.500. The van der Waals surface area contributed by atoms with Gasteiger partial charge in [-0.3, -0.25) is 4.68 Å². The highest BCUT2D eigenvalue weighted by molar-refractivity contribution is 9.10. The normalized spacial score (nSPS) is 16.2. The van der Waals surface area contributed by atoms with Gasteiger partial charge in [0.2, 0.25) is 0 Å². The van der Waals surface area contributed by atoms with E-state index in [0.717, 1.165) is 18.5 Å². The molecule has 0 saturated heterocycles. The molecule has 0 unspecified atom stereocenters. The Kier molecular flexibility index (Phi) is 1.91. The van der Waals surface area contributed by atoms with Gasteiger partial charge in [0.05, 0.1) is 10.2 Å². The van der Waals surface area contributed by atoms with Crippen LogP contribution in [0.15, 0.2) is 4.47 Å². The topological polar surface area (TPSA) is 55.1 Å². The summed E-state index contributed by atoms with van der Waals surface area (Å²) in [4.78, 5) is 10.8. The van der Waals surface area contributed by atoms with Crippen LogP contribution in [0, 0.1) is 0 Å². The quantitative estimate of drug-likeness (QED) is 0.863. The van der Waals surface area contributed by atoms with E-state index in [-0.39, 0.29) is 5.69 Å². The number of carboxylic acids is 1. The second-order valence-corrected chi connectivity index (χ2v) is 4.04. The number of nitrogens with zero attached hydrogens (tertiary/aromatic N) is 2. The third-order valence-corrected chi connectivity index (χ3v) is 2.96. The summed E-state index contributed by atoms with van der Waals surface area (Å²) in [6.07, 6.45) is 2.24. The third-order valence-electron chi connectivity index (χ3n) is 2.18. The van der Waals surface area contributed by atoms with Gasteiger partial charge in [-0.15, -0.1) is 0 Å². The third kappa shape index (κ3) is 1.37. The molecule has 1 aromatic heterocycles. The van der Waals surface area contributed by atoms with Crippen LogP contribution in [0.1, 0.15) is 34.9 Å². The van der Waals surface area contributed by atoms with Crippen molar-refractivity contribution in [2.75, 3.05) is 0 Å². The number of rotatable bonds is 2. The number of aromatic carboxylic acids is 1. The Morgan fingerprint density at radius 3 is 2.69 bits per heavy atom. The van der Waals surface area contributed by atoms with E-state index in [0.29, 0.717) is 10.4 Å². The summed E-state index contributed by atoms with van der Waals surface area (Å²) >= 11 is 3.28. The number of carboxylic acid groups (broad SMARTS) is 1. The molecule has 13 heavy (non-hydrogen) atoms. The highest BCUT2D eigenvalue weighted by Gasteiger charge is 2.31. The highest BCUT2D eigenvalue weighted by Crippen LogP contribution is 2.43. The molecule has 1 aromatic rings. The van der Waals surface area contributed by atoms with Gasteiger partial charge in [0, 0.05) is 13.0 Å². The molecular formula is C8H9BrN2O2. The largest absolute Gasteiger partial charge is 0.476 e. The van der Waals surface area contributed by atoms with Crippen molar-refractivity contribution >= 4 is 21.9 Å². The Balaban J connectivity index is 2.50. The van der Waals surface area contributed by atoms with Crippen molar-refractivity contribution in [3.63, 3.8) is 0 Å². The standard InChI is InChI=1S/C8H9BrN2O2/c1-11-7(8(12)13)5(9)6(10-11)4-2-3-4/h4H,2-3H2,1H3,(H,12,13). The van der Waals surface area contributed by atoms with E-state index in [4.69, 9.17) is 5.11 Å². The zero-order valence-electron chi connectivity index (χ0n) is 7.12. The second-order valence-electron chi connectivity index (χ2n) is 3.25. The van der Waals surface area contributed by atoms with Gasteiger partial charge in [0.1, 0.15) is 0 Å². The molecule has 0 spiro atoms. The second kappa shape index (κ2) is 2.83.